The number of likely N-dealkylation sites (tertiary alicyclic amines) is 1. The molecule has 0 saturated carbocycles. The molecular formula is C17H22Cl3N3O. The molecule has 0 spiro atoms. The maximum absolute atomic E-state index is 12.6. The Balaban J connectivity index is 0.00000144. The number of hydrogen-bond donors (Lipinski definition) is 1. The van der Waals surface area contributed by atoms with Crippen molar-refractivity contribution in [2.24, 2.45) is 11.7 Å². The number of carbonyl (C=O) groups is 1. The molecule has 0 radical (unpaired) electrons. The zero-order chi connectivity index (χ0) is 15.7. The highest BCUT2D eigenvalue weighted by molar-refractivity contribution is 6.31. The van der Waals surface area contributed by atoms with Crippen molar-refractivity contribution in [1.29, 1.82) is 0 Å². The van der Waals surface area contributed by atoms with Crippen LogP contribution in [0.3, 0.4) is 0 Å². The molecule has 1 aromatic heterocycles. The van der Waals surface area contributed by atoms with E-state index in [1.54, 1.807) is 12.1 Å². The van der Waals surface area contributed by atoms with E-state index in [1.807, 2.05) is 30.0 Å². The molecule has 2 N–H and O–H groups in total. The van der Waals surface area contributed by atoms with Crippen LogP contribution >= 0.6 is 36.4 Å². The highest BCUT2D eigenvalue weighted by Crippen LogP contribution is 2.22. The van der Waals surface area contributed by atoms with E-state index in [2.05, 4.69) is 4.98 Å². The van der Waals surface area contributed by atoms with Gasteiger partial charge in [0.25, 0.3) is 5.91 Å². The molecule has 1 aliphatic heterocycles. The van der Waals surface area contributed by atoms with Crippen molar-refractivity contribution in [3.05, 3.63) is 41.0 Å². The second-order valence-corrected chi connectivity index (χ2v) is 6.46. The zero-order valence-electron chi connectivity index (χ0n) is 13.4. The summed E-state index contributed by atoms with van der Waals surface area (Å²) in [7, 11) is 0. The number of hydrogen-bond acceptors (Lipinski definition) is 3. The average molecular weight is 391 g/mol. The lowest BCUT2D eigenvalue weighted by atomic mass is 9.91. The van der Waals surface area contributed by atoms with Gasteiger partial charge >= 0.3 is 0 Å². The minimum Gasteiger partial charge on any atom is -0.337 e. The van der Waals surface area contributed by atoms with E-state index in [-0.39, 0.29) is 36.8 Å². The van der Waals surface area contributed by atoms with Crippen LogP contribution in [-0.4, -0.2) is 34.9 Å². The van der Waals surface area contributed by atoms with Crippen molar-refractivity contribution in [3.63, 3.8) is 0 Å². The number of amides is 1. The van der Waals surface area contributed by atoms with Crippen LogP contribution in [0, 0.1) is 5.92 Å². The van der Waals surface area contributed by atoms with E-state index in [1.165, 1.54) is 0 Å². The molecule has 4 nitrogen and oxygen atoms in total. The summed E-state index contributed by atoms with van der Waals surface area (Å²) in [5.41, 5.74) is 7.18. The molecule has 24 heavy (non-hydrogen) atoms. The number of halogens is 3. The third-order valence-corrected chi connectivity index (χ3v) is 4.68. The summed E-state index contributed by atoms with van der Waals surface area (Å²) in [6.45, 7) is 3.54. The van der Waals surface area contributed by atoms with Crippen molar-refractivity contribution < 1.29 is 4.79 Å². The van der Waals surface area contributed by atoms with Crippen molar-refractivity contribution in [2.45, 2.75) is 25.8 Å². The second kappa shape index (κ2) is 8.86. The number of aromatic nitrogens is 1. The number of benzene rings is 1. The first-order valence-electron chi connectivity index (χ1n) is 7.66. The summed E-state index contributed by atoms with van der Waals surface area (Å²) >= 11 is 6.00. The number of pyridine rings is 1. The van der Waals surface area contributed by atoms with E-state index in [0.717, 1.165) is 36.8 Å². The molecule has 2 heterocycles. The lowest BCUT2D eigenvalue weighted by Gasteiger charge is -2.33. The lowest BCUT2D eigenvalue weighted by Crippen LogP contribution is -2.42. The van der Waals surface area contributed by atoms with Crippen molar-refractivity contribution in [1.82, 2.24) is 9.88 Å². The highest BCUT2D eigenvalue weighted by Gasteiger charge is 2.26. The lowest BCUT2D eigenvalue weighted by molar-refractivity contribution is 0.0675. The van der Waals surface area contributed by atoms with Crippen LogP contribution < -0.4 is 5.73 Å². The topological polar surface area (TPSA) is 59.2 Å². The molecule has 132 valence electrons. The van der Waals surface area contributed by atoms with E-state index in [4.69, 9.17) is 17.3 Å². The van der Waals surface area contributed by atoms with Gasteiger partial charge in [-0.2, -0.15) is 0 Å². The summed E-state index contributed by atoms with van der Waals surface area (Å²) in [6.07, 6.45) is 1.92. The Morgan fingerprint density at radius 1 is 1.25 bits per heavy atom. The summed E-state index contributed by atoms with van der Waals surface area (Å²) in [4.78, 5) is 18.9. The van der Waals surface area contributed by atoms with Crippen LogP contribution in [0.15, 0.2) is 30.3 Å². The standard InChI is InChI=1S/C17H20ClN3O.2ClH/c1-11(19)12-6-8-21(9-7-12)17(22)15-5-3-13-2-4-14(18)10-16(13)20-15;;/h2-5,10-12H,6-9,19H2,1H3;2*1H. The van der Waals surface area contributed by atoms with Gasteiger partial charge in [-0.25, -0.2) is 4.98 Å². The maximum atomic E-state index is 12.6. The van der Waals surface area contributed by atoms with Gasteiger partial charge in [-0.3, -0.25) is 4.79 Å². The van der Waals surface area contributed by atoms with Crippen LogP contribution in [-0.2, 0) is 0 Å². The predicted octanol–water partition coefficient (Wildman–Crippen LogP) is 3.93. The van der Waals surface area contributed by atoms with Crippen LogP contribution in [0.2, 0.25) is 5.02 Å². The Bertz CT molecular complexity index is 701. The van der Waals surface area contributed by atoms with Gasteiger partial charge in [0.05, 0.1) is 5.52 Å². The summed E-state index contributed by atoms with van der Waals surface area (Å²) in [5, 5.41) is 1.61. The molecule has 2 aromatic rings. The van der Waals surface area contributed by atoms with Crippen molar-refractivity contribution in [2.75, 3.05) is 13.1 Å². The molecule has 3 rings (SSSR count). The van der Waals surface area contributed by atoms with Gasteiger partial charge in [0, 0.05) is 29.5 Å². The second-order valence-electron chi connectivity index (χ2n) is 6.02. The van der Waals surface area contributed by atoms with Crippen LogP contribution in [0.1, 0.15) is 30.3 Å². The van der Waals surface area contributed by atoms with Crippen molar-refractivity contribution in [3.8, 4) is 0 Å². The monoisotopic (exact) mass is 389 g/mol. The molecule has 1 unspecified atom stereocenters. The molecule has 0 bridgehead atoms. The first-order chi connectivity index (χ1) is 10.5. The van der Waals surface area contributed by atoms with E-state index < -0.39 is 0 Å². The fraction of sp³-hybridized carbons (Fsp3) is 0.412. The first-order valence-corrected chi connectivity index (χ1v) is 8.03. The Morgan fingerprint density at radius 2 is 1.88 bits per heavy atom. The molecule has 1 aromatic carbocycles. The zero-order valence-corrected chi connectivity index (χ0v) is 15.8. The SMILES string of the molecule is CC(N)C1CCN(C(=O)c2ccc3ccc(Cl)cc3n2)CC1.Cl.Cl. The number of carbonyl (C=O) groups excluding carboxylic acids is 1. The minimum absolute atomic E-state index is 0. The number of piperidine rings is 1. The third-order valence-electron chi connectivity index (χ3n) is 4.44. The summed E-state index contributed by atoms with van der Waals surface area (Å²) < 4.78 is 0. The van der Waals surface area contributed by atoms with Gasteiger partial charge in [-0.15, -0.1) is 24.8 Å². The van der Waals surface area contributed by atoms with E-state index >= 15 is 0 Å². The number of nitrogens with zero attached hydrogens (tertiary/aromatic N) is 2. The predicted molar refractivity (Wildman–Crippen MR) is 104 cm³/mol. The smallest absolute Gasteiger partial charge is 0.272 e. The Kier molecular flexibility index (Phi) is 7.74. The quantitative estimate of drug-likeness (QED) is 0.845. The fourth-order valence-electron chi connectivity index (χ4n) is 3.00. The van der Waals surface area contributed by atoms with Gasteiger partial charge < -0.3 is 10.6 Å². The number of nitrogens with two attached hydrogens (primary N) is 1. The third kappa shape index (κ3) is 4.51. The van der Waals surface area contributed by atoms with Gasteiger partial charge in [0.1, 0.15) is 5.69 Å². The molecular weight excluding hydrogens is 369 g/mol. The summed E-state index contributed by atoms with van der Waals surface area (Å²) in [6, 6.07) is 9.42. The van der Waals surface area contributed by atoms with Gasteiger partial charge in [-0.1, -0.05) is 23.7 Å². The highest BCUT2D eigenvalue weighted by atomic mass is 35.5. The largest absolute Gasteiger partial charge is 0.337 e. The molecule has 1 aliphatic rings. The Hall–Kier alpha value is -1.07. The minimum atomic E-state index is -0.00926. The van der Waals surface area contributed by atoms with Crippen LogP contribution in [0.5, 0.6) is 0 Å². The first kappa shape index (κ1) is 21.0. The van der Waals surface area contributed by atoms with Crippen LogP contribution in [0.4, 0.5) is 0 Å². The Labute approximate surface area is 159 Å². The van der Waals surface area contributed by atoms with Crippen LogP contribution in [0.25, 0.3) is 10.9 Å². The van der Waals surface area contributed by atoms with E-state index in [0.29, 0.717) is 16.6 Å². The molecule has 1 amide bonds. The number of rotatable bonds is 2. The molecule has 1 saturated heterocycles. The summed E-state index contributed by atoms with van der Waals surface area (Å²) in [5.74, 6) is 0.498. The van der Waals surface area contributed by atoms with Gasteiger partial charge in [-0.05, 0) is 43.9 Å². The Morgan fingerprint density at radius 3 is 2.50 bits per heavy atom. The normalized spacial score (nSPS) is 16.2. The molecule has 1 fully saturated rings. The fourth-order valence-corrected chi connectivity index (χ4v) is 3.17. The molecule has 7 heteroatoms. The van der Waals surface area contributed by atoms with Crippen molar-refractivity contribution >= 4 is 53.2 Å². The molecule has 0 aliphatic carbocycles. The molecule has 1 atom stereocenters. The van der Waals surface area contributed by atoms with Gasteiger partial charge in [0.2, 0.25) is 0 Å². The maximum Gasteiger partial charge on any atom is 0.272 e. The average Bonchev–Trinajstić information content (AvgIpc) is 2.53. The number of fused-ring (bicyclic) bond motifs is 1. The van der Waals surface area contributed by atoms with Gasteiger partial charge in [0.15, 0.2) is 0 Å². The van der Waals surface area contributed by atoms with E-state index in [9.17, 15) is 4.79 Å².